The largest absolute Gasteiger partial charge is 0.322 e. The summed E-state index contributed by atoms with van der Waals surface area (Å²) in [6.45, 7) is 6.14. The fourth-order valence-corrected chi connectivity index (χ4v) is 4.69. The minimum absolute atomic E-state index is 0.0756. The molecule has 0 unspecified atom stereocenters. The van der Waals surface area contributed by atoms with Crippen LogP contribution in [0.15, 0.2) is 41.3 Å². The van der Waals surface area contributed by atoms with Gasteiger partial charge in [-0.05, 0) is 62.4 Å². The molecule has 0 atom stereocenters. The van der Waals surface area contributed by atoms with E-state index in [1.165, 1.54) is 22.5 Å². The number of nitrogens with one attached hydrogen (secondary N) is 1. The van der Waals surface area contributed by atoms with Crippen molar-refractivity contribution in [3.63, 3.8) is 0 Å². The lowest BCUT2D eigenvalue weighted by Crippen LogP contribution is -2.47. The Labute approximate surface area is 171 Å². The van der Waals surface area contributed by atoms with E-state index in [9.17, 15) is 13.2 Å². The molecule has 0 saturated carbocycles. The normalized spacial score (nSPS) is 16.1. The van der Waals surface area contributed by atoms with Gasteiger partial charge in [-0.1, -0.05) is 17.7 Å². The van der Waals surface area contributed by atoms with E-state index in [-0.39, 0.29) is 15.5 Å². The second-order valence-electron chi connectivity index (χ2n) is 7.10. The lowest BCUT2D eigenvalue weighted by molar-refractivity contribution is 0.102. The molecule has 0 aliphatic carbocycles. The van der Waals surface area contributed by atoms with Crippen LogP contribution in [0.1, 0.15) is 21.5 Å². The summed E-state index contributed by atoms with van der Waals surface area (Å²) in [7, 11) is -1.72. The van der Waals surface area contributed by atoms with Crippen molar-refractivity contribution in [1.82, 2.24) is 9.21 Å². The van der Waals surface area contributed by atoms with Crippen molar-refractivity contribution in [3.8, 4) is 0 Å². The van der Waals surface area contributed by atoms with Crippen LogP contribution < -0.4 is 5.32 Å². The van der Waals surface area contributed by atoms with Gasteiger partial charge in [0.15, 0.2) is 0 Å². The second kappa shape index (κ2) is 8.21. The Morgan fingerprint density at radius 3 is 2.32 bits per heavy atom. The van der Waals surface area contributed by atoms with Gasteiger partial charge >= 0.3 is 0 Å². The molecule has 1 saturated heterocycles. The van der Waals surface area contributed by atoms with E-state index in [4.69, 9.17) is 11.6 Å². The molecule has 8 heteroatoms. The Bertz CT molecular complexity index is 1000. The Morgan fingerprint density at radius 1 is 1.00 bits per heavy atom. The third-order valence-corrected chi connectivity index (χ3v) is 7.27. The Hall–Kier alpha value is -1.93. The van der Waals surface area contributed by atoms with Gasteiger partial charge in [0, 0.05) is 31.9 Å². The number of sulfonamides is 1. The van der Waals surface area contributed by atoms with E-state index in [1.807, 2.05) is 33.0 Å². The molecule has 0 radical (unpaired) electrons. The first kappa shape index (κ1) is 20.8. The van der Waals surface area contributed by atoms with Gasteiger partial charge in [-0.15, -0.1) is 0 Å². The minimum Gasteiger partial charge on any atom is -0.322 e. The molecule has 1 heterocycles. The van der Waals surface area contributed by atoms with E-state index in [2.05, 4.69) is 10.2 Å². The molecule has 0 bridgehead atoms. The number of anilines is 1. The number of piperazine rings is 1. The zero-order chi connectivity index (χ0) is 20.5. The number of likely N-dealkylation sites (N-methyl/N-ethyl adjacent to an activating group) is 1. The lowest BCUT2D eigenvalue weighted by Gasteiger charge is -2.31. The number of nitrogens with zero attached hydrogens (tertiary/aromatic N) is 2. The summed E-state index contributed by atoms with van der Waals surface area (Å²) in [6.07, 6.45) is 0. The lowest BCUT2D eigenvalue weighted by atomic mass is 10.1. The number of carbonyl (C=O) groups is 1. The van der Waals surface area contributed by atoms with Crippen LogP contribution in [0, 0.1) is 13.8 Å². The van der Waals surface area contributed by atoms with E-state index in [0.717, 1.165) is 11.1 Å². The molecule has 3 rings (SSSR count). The number of hydrogen-bond acceptors (Lipinski definition) is 4. The van der Waals surface area contributed by atoms with Crippen molar-refractivity contribution in [2.45, 2.75) is 18.7 Å². The van der Waals surface area contributed by atoms with Crippen molar-refractivity contribution < 1.29 is 13.2 Å². The van der Waals surface area contributed by atoms with Crippen LogP contribution in [0.3, 0.4) is 0 Å². The fraction of sp³-hybridized carbons (Fsp3) is 0.350. The summed E-state index contributed by atoms with van der Waals surface area (Å²) in [5, 5.41) is 3.00. The SMILES string of the molecule is Cc1ccc(NC(=O)c2cc(S(=O)(=O)N3CCN(C)CC3)ccc2Cl)cc1C. The first-order valence-corrected chi connectivity index (χ1v) is 10.9. The molecule has 150 valence electrons. The van der Waals surface area contributed by atoms with Crippen molar-refractivity contribution >= 4 is 33.2 Å². The highest BCUT2D eigenvalue weighted by atomic mass is 35.5. The third kappa shape index (κ3) is 4.38. The molecule has 2 aromatic carbocycles. The molecule has 2 aromatic rings. The van der Waals surface area contributed by atoms with Crippen LogP contribution in [0.5, 0.6) is 0 Å². The van der Waals surface area contributed by atoms with Crippen LogP contribution in [0.25, 0.3) is 0 Å². The number of hydrogen-bond donors (Lipinski definition) is 1. The van der Waals surface area contributed by atoms with Gasteiger partial charge in [0.25, 0.3) is 5.91 Å². The Kier molecular flexibility index (Phi) is 6.09. The maximum Gasteiger partial charge on any atom is 0.257 e. The monoisotopic (exact) mass is 421 g/mol. The predicted molar refractivity (Wildman–Crippen MR) is 112 cm³/mol. The highest BCUT2D eigenvalue weighted by molar-refractivity contribution is 7.89. The number of amides is 1. The fourth-order valence-electron chi connectivity index (χ4n) is 3.03. The molecular weight excluding hydrogens is 398 g/mol. The average molecular weight is 422 g/mol. The quantitative estimate of drug-likeness (QED) is 0.823. The van der Waals surface area contributed by atoms with Gasteiger partial charge in [-0.25, -0.2) is 8.42 Å². The molecular formula is C20H24ClN3O3S. The van der Waals surface area contributed by atoms with Gasteiger partial charge in [-0.3, -0.25) is 4.79 Å². The number of rotatable bonds is 4. The zero-order valence-corrected chi connectivity index (χ0v) is 17.8. The summed E-state index contributed by atoms with van der Waals surface area (Å²) >= 11 is 6.19. The van der Waals surface area contributed by atoms with Crippen LogP contribution in [0.4, 0.5) is 5.69 Å². The smallest absolute Gasteiger partial charge is 0.257 e. The summed E-state index contributed by atoms with van der Waals surface area (Å²) in [4.78, 5) is 14.9. The number of benzene rings is 2. The molecule has 0 aromatic heterocycles. The number of halogens is 1. The first-order valence-electron chi connectivity index (χ1n) is 9.05. The molecule has 1 aliphatic heterocycles. The van der Waals surface area contributed by atoms with E-state index >= 15 is 0 Å². The van der Waals surface area contributed by atoms with Gasteiger partial charge in [-0.2, -0.15) is 4.31 Å². The molecule has 1 fully saturated rings. The highest BCUT2D eigenvalue weighted by Gasteiger charge is 2.28. The number of aryl methyl sites for hydroxylation is 2. The number of carbonyl (C=O) groups excluding carboxylic acids is 1. The molecule has 1 amide bonds. The van der Waals surface area contributed by atoms with Gasteiger partial charge in [0.05, 0.1) is 15.5 Å². The van der Waals surface area contributed by atoms with Crippen LogP contribution >= 0.6 is 11.6 Å². The third-order valence-electron chi connectivity index (χ3n) is 5.05. The van der Waals surface area contributed by atoms with Gasteiger partial charge in [0.2, 0.25) is 10.0 Å². The summed E-state index contributed by atoms with van der Waals surface area (Å²) < 4.78 is 27.4. The molecule has 1 N–H and O–H groups in total. The van der Waals surface area contributed by atoms with E-state index in [1.54, 1.807) is 6.07 Å². The topological polar surface area (TPSA) is 69.7 Å². The molecule has 28 heavy (non-hydrogen) atoms. The Morgan fingerprint density at radius 2 is 1.68 bits per heavy atom. The van der Waals surface area contributed by atoms with Crippen molar-refractivity contribution in [2.24, 2.45) is 0 Å². The first-order chi connectivity index (χ1) is 13.2. The van der Waals surface area contributed by atoms with E-state index in [0.29, 0.717) is 31.9 Å². The molecule has 0 spiro atoms. The summed E-state index contributed by atoms with van der Waals surface area (Å²) in [6, 6.07) is 9.85. The van der Waals surface area contributed by atoms with Gasteiger partial charge < -0.3 is 10.2 Å². The summed E-state index contributed by atoms with van der Waals surface area (Å²) in [5.41, 5.74) is 2.94. The second-order valence-corrected chi connectivity index (χ2v) is 9.45. The summed E-state index contributed by atoms with van der Waals surface area (Å²) in [5.74, 6) is -0.441. The van der Waals surface area contributed by atoms with Crippen LogP contribution in [-0.4, -0.2) is 56.8 Å². The maximum atomic E-state index is 13.0. The zero-order valence-electron chi connectivity index (χ0n) is 16.2. The van der Waals surface area contributed by atoms with Crippen molar-refractivity contribution in [1.29, 1.82) is 0 Å². The minimum atomic E-state index is -3.68. The van der Waals surface area contributed by atoms with Crippen molar-refractivity contribution in [2.75, 3.05) is 38.5 Å². The van der Waals surface area contributed by atoms with Crippen LogP contribution in [-0.2, 0) is 10.0 Å². The Balaban J connectivity index is 1.86. The predicted octanol–water partition coefficient (Wildman–Crippen LogP) is 3.15. The van der Waals surface area contributed by atoms with Crippen molar-refractivity contribution in [3.05, 3.63) is 58.1 Å². The standard InChI is InChI=1S/C20H24ClN3O3S/c1-14-4-5-16(12-15(14)2)22-20(25)18-13-17(6-7-19(18)21)28(26,27)24-10-8-23(3)9-11-24/h4-7,12-13H,8-11H2,1-3H3,(H,22,25). The van der Waals surface area contributed by atoms with Gasteiger partial charge in [0.1, 0.15) is 0 Å². The maximum absolute atomic E-state index is 13.0. The molecule has 1 aliphatic rings. The molecule has 6 nitrogen and oxygen atoms in total. The average Bonchev–Trinajstić information content (AvgIpc) is 2.65. The van der Waals surface area contributed by atoms with Crippen LogP contribution in [0.2, 0.25) is 5.02 Å². The van der Waals surface area contributed by atoms with E-state index < -0.39 is 15.9 Å². The highest BCUT2D eigenvalue weighted by Crippen LogP contribution is 2.25.